The van der Waals surface area contributed by atoms with Crippen molar-refractivity contribution >= 4 is 0 Å². The van der Waals surface area contributed by atoms with Gasteiger partial charge in [0.1, 0.15) is 0 Å². The van der Waals surface area contributed by atoms with Crippen molar-refractivity contribution in [3.8, 4) is 0 Å². The fourth-order valence-corrected chi connectivity index (χ4v) is 0. The average molecular weight is 287 g/mol. The minimum absolute atomic E-state index is 0. The van der Waals surface area contributed by atoms with Crippen molar-refractivity contribution in [1.82, 2.24) is 0 Å². The molecule has 0 radical (unpaired) electrons. The topological polar surface area (TPSA) is 69.2 Å². The third-order valence-electron chi connectivity index (χ3n) is 0. The minimum Gasteiger partial charge on any atom is -0.427 e. The fraction of sp³-hybridized carbons (Fsp3) is 0. The van der Waals surface area contributed by atoms with Gasteiger partial charge >= 0.3 is 0 Å². The van der Waals surface area contributed by atoms with Gasteiger partial charge < -0.3 is 10.3 Å². The molecule has 0 saturated carbocycles. The number of rotatable bonds is 0. The Bertz CT molecular complexity index is 11.6. The Morgan fingerprint density at radius 1 is 1.00 bits per heavy atom. The second-order valence-corrected chi connectivity index (χ2v) is 1.27. The van der Waals surface area contributed by atoms with E-state index in [1.165, 1.54) is 0 Å². The second kappa shape index (κ2) is 5.53. The summed E-state index contributed by atoms with van der Waals surface area (Å²) in [6.45, 7) is 0. The summed E-state index contributed by atoms with van der Waals surface area (Å²) in [5.41, 5.74) is 0. The van der Waals surface area contributed by atoms with Crippen molar-refractivity contribution in [3.63, 3.8) is 0 Å². The molecule has 0 rings (SSSR count). The molecule has 3 nitrogen and oxygen atoms in total. The van der Waals surface area contributed by atoms with Crippen LogP contribution in [0.15, 0.2) is 0 Å². The van der Waals surface area contributed by atoms with E-state index in [0.717, 1.165) is 0 Å². The van der Waals surface area contributed by atoms with Gasteiger partial charge in [0.05, 0.1) is 0 Å². The number of hydrogen-bond acceptors (Lipinski definition) is 3. The molecule has 0 aromatic rings. The van der Waals surface area contributed by atoms with Crippen LogP contribution < -0.4 is 31.4 Å². The maximum atomic E-state index is 8.57. The summed E-state index contributed by atoms with van der Waals surface area (Å²) >= 11 is -4.01. The molecule has 28 valence electrons. The molecule has 0 aliphatic rings. The molecule has 0 bridgehead atoms. The molecule has 0 amide bonds. The van der Waals surface area contributed by atoms with Gasteiger partial charge in [-0.15, -0.1) is 0 Å². The van der Waals surface area contributed by atoms with Crippen LogP contribution in [0.5, 0.6) is 0 Å². The molecule has 0 N–H and O–H groups in total. The van der Waals surface area contributed by atoms with Gasteiger partial charge in [-0.25, -0.2) is 0 Å². The number of hydrogen-bond donors (Lipinski definition) is 0. The third kappa shape index (κ3) is 29.4. The Labute approximate surface area is 58.2 Å². The first-order valence-corrected chi connectivity index (χ1v) is 3.11. The summed E-state index contributed by atoms with van der Waals surface area (Å²) in [7, 11) is 0. The normalized spacial score (nSPS) is 7.20. The van der Waals surface area contributed by atoms with Crippen LogP contribution in [-0.2, 0) is 27.3 Å². The molecule has 5 heteroatoms. The zero-order valence-electron chi connectivity index (χ0n) is 2.31. The maximum Gasteiger partial charge on any atom is 0.282 e. The van der Waals surface area contributed by atoms with Crippen LogP contribution in [0.1, 0.15) is 0 Å². The van der Waals surface area contributed by atoms with Gasteiger partial charge in [0.25, 0.3) is 21.1 Å². The van der Waals surface area contributed by atoms with Gasteiger partial charge in [0.2, 0.25) is 0 Å². The molecule has 0 aromatic heterocycles. The molecule has 0 aliphatic heterocycles. The Morgan fingerprint density at radius 2 is 1.00 bits per heavy atom. The van der Waals surface area contributed by atoms with Crippen molar-refractivity contribution in [2.24, 2.45) is 0 Å². The van der Waals surface area contributed by atoms with Crippen molar-refractivity contribution in [2.75, 3.05) is 0 Å². The number of halogens is 1. The van der Waals surface area contributed by atoms with Gasteiger partial charge in [0.15, 0.2) is 0 Å². The van der Waals surface area contributed by atoms with E-state index in [1.54, 1.807) is 0 Å². The van der Waals surface area contributed by atoms with E-state index < -0.39 is 21.1 Å². The van der Waals surface area contributed by atoms with Crippen LogP contribution >= 0.6 is 0 Å². The van der Waals surface area contributed by atoms with E-state index in [9.17, 15) is 0 Å². The molecule has 0 fully saturated rings. The molecule has 0 atom stereocenters. The standard InChI is InChI=1S/Cd.IO3/c;2-1(3)4/q;-1. The molecule has 0 heterocycles. The summed E-state index contributed by atoms with van der Waals surface area (Å²) in [5, 5.41) is 0. The summed E-state index contributed by atoms with van der Waals surface area (Å²) in [6, 6.07) is 0. The quantitative estimate of drug-likeness (QED) is 0.329. The van der Waals surface area contributed by atoms with Crippen LogP contribution in [0, 0.1) is 0 Å². The van der Waals surface area contributed by atoms with Crippen molar-refractivity contribution < 1.29 is 58.7 Å². The van der Waals surface area contributed by atoms with Crippen LogP contribution in [0.3, 0.4) is 0 Å². The van der Waals surface area contributed by atoms with Crippen molar-refractivity contribution in [3.05, 3.63) is 0 Å². The molecule has 0 unspecified atom stereocenters. The predicted molar refractivity (Wildman–Crippen MR) is 0 cm³/mol. The Morgan fingerprint density at radius 3 is 1.00 bits per heavy atom. The van der Waals surface area contributed by atoms with E-state index in [-0.39, 0.29) is 27.3 Å². The average Bonchev–Trinajstić information content (AvgIpc) is 0.811. The van der Waals surface area contributed by atoms with E-state index in [1.807, 2.05) is 0 Å². The molecular formula is CdIO3-. The Kier molecular flexibility index (Phi) is 10.8. The molecule has 0 spiro atoms. The van der Waals surface area contributed by atoms with E-state index in [4.69, 9.17) is 10.3 Å². The first kappa shape index (κ1) is 9.73. The minimum atomic E-state index is -4.01. The molecule has 0 saturated heterocycles. The summed E-state index contributed by atoms with van der Waals surface area (Å²) in [5.74, 6) is 0. The second-order valence-electron chi connectivity index (χ2n) is 0.189. The molecule has 5 heavy (non-hydrogen) atoms. The van der Waals surface area contributed by atoms with Crippen molar-refractivity contribution in [1.29, 1.82) is 0 Å². The van der Waals surface area contributed by atoms with Gasteiger partial charge in [-0.05, 0) is 0 Å². The van der Waals surface area contributed by atoms with Gasteiger partial charge in [-0.2, -0.15) is 0 Å². The van der Waals surface area contributed by atoms with E-state index >= 15 is 0 Å². The van der Waals surface area contributed by atoms with Crippen LogP contribution in [0.2, 0.25) is 0 Å². The zero-order valence-corrected chi connectivity index (χ0v) is 8.50. The Hall–Kier alpha value is 1.53. The first-order chi connectivity index (χ1) is 1.73. The smallest absolute Gasteiger partial charge is 0.282 e. The SMILES string of the molecule is [Cd].[O-][I+2]([O-])[O-]. The maximum absolute atomic E-state index is 8.57. The Balaban J connectivity index is 0. The summed E-state index contributed by atoms with van der Waals surface area (Å²) in [4.78, 5) is 0. The van der Waals surface area contributed by atoms with Crippen molar-refractivity contribution in [2.45, 2.75) is 0 Å². The fourth-order valence-electron chi connectivity index (χ4n) is 0. The molecule has 0 aromatic carbocycles. The van der Waals surface area contributed by atoms with E-state index in [2.05, 4.69) is 0 Å². The third-order valence-corrected chi connectivity index (χ3v) is 0. The van der Waals surface area contributed by atoms with Gasteiger partial charge in [0, 0.05) is 27.3 Å². The van der Waals surface area contributed by atoms with E-state index in [0.29, 0.717) is 0 Å². The van der Waals surface area contributed by atoms with Crippen LogP contribution in [0.25, 0.3) is 0 Å². The molecular weight excluding hydrogens is 287 g/mol. The van der Waals surface area contributed by atoms with Crippen LogP contribution in [0.4, 0.5) is 0 Å². The molecule has 0 aliphatic carbocycles. The summed E-state index contributed by atoms with van der Waals surface area (Å²) < 4.78 is 25.7. The van der Waals surface area contributed by atoms with Crippen LogP contribution in [-0.4, -0.2) is 0 Å². The largest absolute Gasteiger partial charge is 0.427 e. The summed E-state index contributed by atoms with van der Waals surface area (Å²) in [6.07, 6.45) is 0. The predicted octanol–water partition coefficient (Wildman–Crippen LogP) is -6.57. The van der Waals surface area contributed by atoms with Gasteiger partial charge in [-0.3, -0.25) is 0 Å². The zero-order chi connectivity index (χ0) is 3.58. The monoisotopic (exact) mass is 289 g/mol. The first-order valence-electron chi connectivity index (χ1n) is 0.463. The van der Waals surface area contributed by atoms with Gasteiger partial charge in [-0.1, -0.05) is 0 Å².